The third kappa shape index (κ3) is 4.22. The van der Waals surface area contributed by atoms with Crippen molar-refractivity contribution in [3.63, 3.8) is 0 Å². The van der Waals surface area contributed by atoms with Gasteiger partial charge in [-0.15, -0.1) is 0 Å². The number of ether oxygens (including phenoxy) is 1. The van der Waals surface area contributed by atoms with Crippen LogP contribution in [0.2, 0.25) is 0 Å². The van der Waals surface area contributed by atoms with Gasteiger partial charge in [0.1, 0.15) is 12.4 Å². The molecule has 0 radical (unpaired) electrons. The van der Waals surface area contributed by atoms with E-state index >= 15 is 0 Å². The van der Waals surface area contributed by atoms with Crippen molar-refractivity contribution in [1.82, 2.24) is 10.2 Å². The molecule has 0 spiro atoms. The zero-order valence-corrected chi connectivity index (χ0v) is 13.2. The van der Waals surface area contributed by atoms with Crippen LogP contribution in [0.3, 0.4) is 0 Å². The number of hydrogen-bond donors (Lipinski definition) is 1. The van der Waals surface area contributed by atoms with E-state index in [1.54, 1.807) is 0 Å². The highest BCUT2D eigenvalue weighted by atomic mass is 16.5. The van der Waals surface area contributed by atoms with Crippen molar-refractivity contribution in [2.24, 2.45) is 5.92 Å². The zero-order valence-electron chi connectivity index (χ0n) is 13.2. The van der Waals surface area contributed by atoms with Crippen molar-refractivity contribution in [2.45, 2.75) is 38.8 Å². The van der Waals surface area contributed by atoms with E-state index in [1.807, 2.05) is 0 Å². The number of rotatable bonds is 5. The lowest BCUT2D eigenvalue weighted by Crippen LogP contribution is -2.32. The van der Waals surface area contributed by atoms with Gasteiger partial charge in [0.25, 0.3) is 0 Å². The zero-order chi connectivity index (χ0) is 14.5. The molecule has 0 bridgehead atoms. The molecule has 1 aliphatic heterocycles. The fraction of sp³-hybridized carbons (Fsp3) is 0.647. The summed E-state index contributed by atoms with van der Waals surface area (Å²) in [6.45, 7) is 6.33. The van der Waals surface area contributed by atoms with E-state index in [0.29, 0.717) is 12.1 Å². The van der Waals surface area contributed by atoms with Gasteiger partial charge in [0.2, 0.25) is 0 Å². The molecule has 1 aliphatic rings. The van der Waals surface area contributed by atoms with E-state index < -0.39 is 0 Å². The van der Waals surface area contributed by atoms with Gasteiger partial charge in [-0.25, -0.2) is 0 Å². The van der Waals surface area contributed by atoms with Crippen LogP contribution in [0.5, 0.6) is 5.75 Å². The Balaban J connectivity index is 1.94. The van der Waals surface area contributed by atoms with Crippen LogP contribution in [0.25, 0.3) is 0 Å². The van der Waals surface area contributed by atoms with E-state index in [4.69, 9.17) is 4.74 Å². The average Bonchev–Trinajstić information content (AvgIpc) is 2.45. The second kappa shape index (κ2) is 7.09. The second-order valence-corrected chi connectivity index (χ2v) is 6.34. The van der Waals surface area contributed by atoms with E-state index in [-0.39, 0.29) is 0 Å². The minimum Gasteiger partial charge on any atom is -0.492 e. The van der Waals surface area contributed by atoms with Crippen LogP contribution < -0.4 is 10.1 Å². The molecule has 3 atom stereocenters. The van der Waals surface area contributed by atoms with Crippen LogP contribution >= 0.6 is 0 Å². The highest BCUT2D eigenvalue weighted by Crippen LogP contribution is 2.27. The standard InChI is InChI=1S/C17H28N2O/c1-13-8-9-17(18-11-13)15-6-5-7-16(10-15)20-12-14(2)19(3)4/h5-7,10,13-14,17-18H,8-9,11-12H2,1-4H3/t13-,14-,17+/m0/s1. The molecule has 112 valence electrons. The summed E-state index contributed by atoms with van der Waals surface area (Å²) in [5.74, 6) is 1.78. The van der Waals surface area contributed by atoms with E-state index in [2.05, 4.69) is 62.4 Å². The van der Waals surface area contributed by atoms with Gasteiger partial charge in [-0.1, -0.05) is 19.1 Å². The van der Waals surface area contributed by atoms with Crippen molar-refractivity contribution in [1.29, 1.82) is 0 Å². The molecule has 1 fully saturated rings. The summed E-state index contributed by atoms with van der Waals surface area (Å²) in [6.07, 6.45) is 2.53. The van der Waals surface area contributed by atoms with E-state index in [1.165, 1.54) is 18.4 Å². The lowest BCUT2D eigenvalue weighted by Gasteiger charge is -2.28. The average molecular weight is 276 g/mol. The van der Waals surface area contributed by atoms with Gasteiger partial charge in [0.15, 0.2) is 0 Å². The molecular weight excluding hydrogens is 248 g/mol. The lowest BCUT2D eigenvalue weighted by molar-refractivity contribution is 0.198. The Labute approximate surface area is 123 Å². The first kappa shape index (κ1) is 15.3. The fourth-order valence-electron chi connectivity index (χ4n) is 2.47. The number of piperidine rings is 1. The van der Waals surface area contributed by atoms with Crippen molar-refractivity contribution < 1.29 is 4.74 Å². The molecule has 1 aromatic rings. The van der Waals surface area contributed by atoms with Gasteiger partial charge in [-0.2, -0.15) is 0 Å². The maximum Gasteiger partial charge on any atom is 0.119 e. The number of nitrogens with zero attached hydrogens (tertiary/aromatic N) is 1. The van der Waals surface area contributed by atoms with Crippen LogP contribution in [-0.4, -0.2) is 38.2 Å². The molecule has 0 unspecified atom stereocenters. The normalized spacial score (nSPS) is 24.6. The molecule has 1 N–H and O–H groups in total. The Morgan fingerprint density at radius 1 is 1.35 bits per heavy atom. The van der Waals surface area contributed by atoms with Gasteiger partial charge in [-0.3, -0.25) is 0 Å². The molecule has 3 nitrogen and oxygen atoms in total. The molecule has 1 heterocycles. The van der Waals surface area contributed by atoms with Gasteiger partial charge in [-0.05, 0) is 64.0 Å². The summed E-state index contributed by atoms with van der Waals surface area (Å²) in [7, 11) is 4.16. The second-order valence-electron chi connectivity index (χ2n) is 6.34. The van der Waals surface area contributed by atoms with Crippen LogP contribution in [0, 0.1) is 5.92 Å². The van der Waals surface area contributed by atoms with E-state index in [0.717, 1.165) is 24.8 Å². The van der Waals surface area contributed by atoms with Crippen molar-refractivity contribution >= 4 is 0 Å². The number of likely N-dealkylation sites (N-methyl/N-ethyl adjacent to an activating group) is 1. The minimum absolute atomic E-state index is 0.423. The Kier molecular flexibility index (Phi) is 5.44. The lowest BCUT2D eigenvalue weighted by atomic mass is 9.92. The predicted molar refractivity (Wildman–Crippen MR) is 84.2 cm³/mol. The molecular formula is C17H28N2O. The quantitative estimate of drug-likeness (QED) is 0.894. The molecule has 3 heteroatoms. The highest BCUT2D eigenvalue weighted by molar-refractivity contribution is 5.30. The Morgan fingerprint density at radius 2 is 2.15 bits per heavy atom. The maximum atomic E-state index is 5.91. The smallest absolute Gasteiger partial charge is 0.119 e. The summed E-state index contributed by atoms with van der Waals surface area (Å²) in [5.41, 5.74) is 1.35. The first-order chi connectivity index (χ1) is 9.56. The van der Waals surface area contributed by atoms with Crippen LogP contribution in [0.1, 0.15) is 38.3 Å². The Hall–Kier alpha value is -1.06. The minimum atomic E-state index is 0.423. The topological polar surface area (TPSA) is 24.5 Å². The van der Waals surface area contributed by atoms with Crippen LogP contribution in [0.4, 0.5) is 0 Å². The summed E-state index contributed by atoms with van der Waals surface area (Å²) in [6, 6.07) is 9.46. The summed E-state index contributed by atoms with van der Waals surface area (Å²) >= 11 is 0. The highest BCUT2D eigenvalue weighted by Gasteiger charge is 2.19. The maximum absolute atomic E-state index is 5.91. The summed E-state index contributed by atoms with van der Waals surface area (Å²) in [5, 5.41) is 3.63. The predicted octanol–water partition coefficient (Wildman–Crippen LogP) is 3.08. The summed E-state index contributed by atoms with van der Waals surface area (Å²) in [4.78, 5) is 2.17. The van der Waals surface area contributed by atoms with Gasteiger partial charge in [0, 0.05) is 12.1 Å². The van der Waals surface area contributed by atoms with Gasteiger partial charge >= 0.3 is 0 Å². The third-order valence-corrected chi connectivity index (χ3v) is 4.29. The molecule has 1 saturated heterocycles. The SMILES string of the molecule is C[C@H]1CC[C@H](c2cccc(OC[C@H](C)N(C)C)c2)NC1. The van der Waals surface area contributed by atoms with Crippen LogP contribution in [-0.2, 0) is 0 Å². The van der Waals surface area contributed by atoms with Crippen LogP contribution in [0.15, 0.2) is 24.3 Å². The first-order valence-corrected chi connectivity index (χ1v) is 7.69. The van der Waals surface area contributed by atoms with E-state index in [9.17, 15) is 0 Å². The van der Waals surface area contributed by atoms with Crippen molar-refractivity contribution in [3.8, 4) is 5.75 Å². The number of nitrogens with one attached hydrogen (secondary N) is 1. The largest absolute Gasteiger partial charge is 0.492 e. The molecule has 0 amide bonds. The first-order valence-electron chi connectivity index (χ1n) is 7.69. The molecule has 0 aliphatic carbocycles. The van der Waals surface area contributed by atoms with Gasteiger partial charge < -0.3 is 15.0 Å². The van der Waals surface area contributed by atoms with Crippen molar-refractivity contribution in [2.75, 3.05) is 27.2 Å². The fourth-order valence-corrected chi connectivity index (χ4v) is 2.47. The molecule has 20 heavy (non-hydrogen) atoms. The summed E-state index contributed by atoms with van der Waals surface area (Å²) < 4.78 is 5.91. The third-order valence-electron chi connectivity index (χ3n) is 4.29. The van der Waals surface area contributed by atoms with Crippen molar-refractivity contribution in [3.05, 3.63) is 29.8 Å². The molecule has 2 rings (SSSR count). The number of hydrogen-bond acceptors (Lipinski definition) is 3. The monoisotopic (exact) mass is 276 g/mol. The molecule has 0 aromatic heterocycles. The molecule has 1 aromatic carbocycles. The molecule has 0 saturated carbocycles. The number of benzene rings is 1. The Morgan fingerprint density at radius 3 is 2.80 bits per heavy atom. The van der Waals surface area contributed by atoms with Gasteiger partial charge in [0.05, 0.1) is 0 Å². The Bertz CT molecular complexity index is 411.